The number of hydrogen-bond donors (Lipinski definition) is 0. The fourth-order valence-corrected chi connectivity index (χ4v) is 5.67. The maximum Gasteiger partial charge on any atom is 0.417 e. The Morgan fingerprint density at radius 1 is 1.00 bits per heavy atom. The van der Waals surface area contributed by atoms with Crippen LogP contribution in [0.5, 0.6) is 0 Å². The van der Waals surface area contributed by atoms with Gasteiger partial charge in [0.1, 0.15) is 0 Å². The zero-order valence-corrected chi connectivity index (χ0v) is 19.1. The first-order valence-corrected chi connectivity index (χ1v) is 11.7. The largest absolute Gasteiger partial charge is 0.417 e. The second kappa shape index (κ2) is 8.86. The van der Waals surface area contributed by atoms with E-state index in [9.17, 15) is 39.6 Å². The number of aromatic nitrogens is 1. The third-order valence-electron chi connectivity index (χ3n) is 6.17. The molecule has 1 unspecified atom stereocenters. The van der Waals surface area contributed by atoms with Crippen LogP contribution in [0.15, 0.2) is 47.5 Å². The van der Waals surface area contributed by atoms with Gasteiger partial charge in [-0.1, -0.05) is 6.07 Å². The number of pyridine rings is 1. The first-order chi connectivity index (χ1) is 15.5. The van der Waals surface area contributed by atoms with Crippen molar-refractivity contribution in [3.05, 3.63) is 59.4 Å². The van der Waals surface area contributed by atoms with Crippen molar-refractivity contribution < 1.29 is 39.6 Å². The van der Waals surface area contributed by atoms with Crippen molar-refractivity contribution in [3.63, 3.8) is 0 Å². The smallest absolute Gasteiger partial charge is 0.337 e. The zero-order chi connectivity index (χ0) is 25.5. The van der Waals surface area contributed by atoms with Gasteiger partial charge in [0.25, 0.3) is 0 Å². The Kier molecular flexibility index (Phi) is 6.77. The van der Waals surface area contributed by atoms with Gasteiger partial charge >= 0.3 is 12.4 Å². The van der Waals surface area contributed by atoms with Crippen LogP contribution < -0.4 is 0 Å². The average molecular weight is 508 g/mol. The highest BCUT2D eigenvalue weighted by molar-refractivity contribution is 7.92. The number of nitrogens with zero attached hydrogens (tertiary/aromatic N) is 2. The van der Waals surface area contributed by atoms with Gasteiger partial charge in [-0.2, -0.15) is 26.3 Å². The third-order valence-corrected chi connectivity index (χ3v) is 8.77. The van der Waals surface area contributed by atoms with E-state index in [1.165, 1.54) is 24.8 Å². The third kappa shape index (κ3) is 5.21. The topological polar surface area (TPSA) is 67.3 Å². The molecule has 1 atom stereocenters. The molecular formula is C22H22F6N2O3S. The molecule has 0 saturated carbocycles. The molecule has 2 aromatic rings. The summed E-state index contributed by atoms with van der Waals surface area (Å²) in [4.78, 5) is 17.4. The molecule has 1 fully saturated rings. The van der Waals surface area contributed by atoms with E-state index in [1.54, 1.807) is 0 Å². The van der Waals surface area contributed by atoms with Crippen molar-refractivity contribution in [3.8, 4) is 0 Å². The summed E-state index contributed by atoms with van der Waals surface area (Å²) in [5.74, 6) is -1.08. The minimum Gasteiger partial charge on any atom is -0.337 e. The SMILES string of the molecule is CC(C)(C1CCN(Cc2ccc(C(F)(F)F)cn2)C(=O)C1)S(=O)(=O)c1cccc(C(F)(F)F)c1. The molecule has 0 aliphatic carbocycles. The lowest BCUT2D eigenvalue weighted by Crippen LogP contribution is -2.48. The molecule has 186 valence electrons. The van der Waals surface area contributed by atoms with E-state index in [-0.39, 0.29) is 31.6 Å². The van der Waals surface area contributed by atoms with Crippen molar-refractivity contribution in [2.24, 2.45) is 5.92 Å². The van der Waals surface area contributed by atoms with Crippen LogP contribution in [0, 0.1) is 5.92 Å². The molecule has 3 rings (SSSR count). The molecular weight excluding hydrogens is 486 g/mol. The Labute approximate surface area is 192 Å². The number of sulfone groups is 1. The van der Waals surface area contributed by atoms with E-state index < -0.39 is 54.8 Å². The van der Waals surface area contributed by atoms with Gasteiger partial charge < -0.3 is 4.90 Å². The summed E-state index contributed by atoms with van der Waals surface area (Å²) in [6.07, 6.45) is -8.49. The van der Waals surface area contributed by atoms with Gasteiger partial charge in [0, 0.05) is 19.2 Å². The van der Waals surface area contributed by atoms with Crippen LogP contribution in [0.2, 0.25) is 0 Å². The fourth-order valence-electron chi connectivity index (χ4n) is 3.88. The standard InChI is InChI=1S/C22H22F6N2O3S/c1-20(2,34(32,33)18-5-3-4-15(10-18)21(23,24)25)14-8-9-30(19(31)11-14)13-17-7-6-16(12-29-17)22(26,27)28/h3-7,10,12,14H,8-9,11,13H2,1-2H3. The Morgan fingerprint density at radius 3 is 2.18 bits per heavy atom. The normalized spacial score (nSPS) is 18.3. The van der Waals surface area contributed by atoms with Crippen molar-refractivity contribution in [1.29, 1.82) is 0 Å². The second-order valence-electron chi connectivity index (χ2n) is 8.67. The number of likely N-dealkylation sites (tertiary alicyclic amines) is 1. The molecule has 12 heteroatoms. The number of carbonyl (C=O) groups is 1. The Bertz CT molecular complexity index is 1160. The van der Waals surface area contributed by atoms with Gasteiger partial charge in [0.2, 0.25) is 5.91 Å². The first kappa shape index (κ1) is 26.0. The van der Waals surface area contributed by atoms with Gasteiger partial charge in [-0.3, -0.25) is 9.78 Å². The molecule has 0 N–H and O–H groups in total. The summed E-state index contributed by atoms with van der Waals surface area (Å²) in [7, 11) is -4.23. The van der Waals surface area contributed by atoms with Gasteiger partial charge in [-0.05, 0) is 56.5 Å². The molecule has 5 nitrogen and oxygen atoms in total. The lowest BCUT2D eigenvalue weighted by Gasteiger charge is -2.39. The summed E-state index contributed by atoms with van der Waals surface area (Å²) in [6, 6.07) is 5.53. The number of rotatable bonds is 5. The molecule has 1 aliphatic heterocycles. The number of halogens is 6. The number of piperidine rings is 1. The monoisotopic (exact) mass is 508 g/mol. The van der Waals surface area contributed by atoms with Crippen LogP contribution in [0.4, 0.5) is 26.3 Å². The fraction of sp³-hybridized carbons (Fsp3) is 0.455. The maximum atomic E-state index is 13.2. The van der Waals surface area contributed by atoms with Crippen LogP contribution in [0.25, 0.3) is 0 Å². The summed E-state index contributed by atoms with van der Waals surface area (Å²) >= 11 is 0. The molecule has 1 aromatic heterocycles. The Hall–Kier alpha value is -2.63. The number of hydrogen-bond acceptors (Lipinski definition) is 4. The minimum absolute atomic E-state index is 0.0372. The lowest BCUT2D eigenvalue weighted by molar-refractivity contribution is -0.138. The van der Waals surface area contributed by atoms with Gasteiger partial charge in [-0.15, -0.1) is 0 Å². The lowest BCUT2D eigenvalue weighted by atomic mass is 9.85. The zero-order valence-electron chi connectivity index (χ0n) is 18.2. The molecule has 1 aliphatic rings. The van der Waals surface area contributed by atoms with Crippen LogP contribution in [0.3, 0.4) is 0 Å². The molecule has 0 spiro atoms. The van der Waals surface area contributed by atoms with Crippen LogP contribution in [-0.2, 0) is 33.5 Å². The van der Waals surface area contributed by atoms with E-state index in [0.29, 0.717) is 12.3 Å². The van der Waals surface area contributed by atoms with E-state index >= 15 is 0 Å². The van der Waals surface area contributed by atoms with Crippen LogP contribution in [-0.4, -0.2) is 35.5 Å². The quantitative estimate of drug-likeness (QED) is 0.527. The predicted molar refractivity (Wildman–Crippen MR) is 110 cm³/mol. The number of alkyl halides is 6. The molecule has 2 heterocycles. The molecule has 1 amide bonds. The summed E-state index contributed by atoms with van der Waals surface area (Å²) in [5.41, 5.74) is -1.75. The van der Waals surface area contributed by atoms with E-state index in [2.05, 4.69) is 4.98 Å². The number of benzene rings is 1. The Balaban J connectivity index is 1.74. The highest BCUT2D eigenvalue weighted by Crippen LogP contribution is 2.40. The molecule has 34 heavy (non-hydrogen) atoms. The highest BCUT2D eigenvalue weighted by atomic mass is 32.2. The average Bonchev–Trinajstić information content (AvgIpc) is 2.74. The number of amides is 1. The highest BCUT2D eigenvalue weighted by Gasteiger charge is 2.46. The molecule has 0 bridgehead atoms. The number of carbonyl (C=O) groups excluding carboxylic acids is 1. The first-order valence-electron chi connectivity index (χ1n) is 10.3. The van der Waals surface area contributed by atoms with Crippen molar-refractivity contribution in [2.45, 2.75) is 55.2 Å². The summed E-state index contributed by atoms with van der Waals surface area (Å²) in [6.45, 7) is 2.86. The maximum absolute atomic E-state index is 13.2. The van der Waals surface area contributed by atoms with Gasteiger partial charge in [0.15, 0.2) is 9.84 Å². The van der Waals surface area contributed by atoms with Crippen molar-refractivity contribution in [1.82, 2.24) is 9.88 Å². The minimum atomic E-state index is -4.71. The summed E-state index contributed by atoms with van der Waals surface area (Å²) in [5, 5.41) is 0. The van der Waals surface area contributed by atoms with E-state index in [0.717, 1.165) is 24.3 Å². The van der Waals surface area contributed by atoms with Gasteiger partial charge in [-0.25, -0.2) is 8.42 Å². The summed E-state index contributed by atoms with van der Waals surface area (Å²) < 4.78 is 102. The van der Waals surface area contributed by atoms with E-state index in [4.69, 9.17) is 0 Å². The van der Waals surface area contributed by atoms with E-state index in [1.807, 2.05) is 0 Å². The Morgan fingerprint density at radius 2 is 1.65 bits per heavy atom. The second-order valence-corrected chi connectivity index (χ2v) is 11.2. The van der Waals surface area contributed by atoms with Gasteiger partial charge in [0.05, 0.1) is 33.0 Å². The van der Waals surface area contributed by atoms with Crippen molar-refractivity contribution in [2.75, 3.05) is 6.54 Å². The van der Waals surface area contributed by atoms with Crippen LogP contribution >= 0.6 is 0 Å². The molecule has 0 radical (unpaired) electrons. The predicted octanol–water partition coefficient (Wildman–Crippen LogP) is 5.11. The van der Waals surface area contributed by atoms with Crippen molar-refractivity contribution >= 4 is 15.7 Å². The molecule has 1 aromatic carbocycles. The van der Waals surface area contributed by atoms with Crippen LogP contribution in [0.1, 0.15) is 43.5 Å². The molecule has 1 saturated heterocycles.